The predicted octanol–water partition coefficient (Wildman–Crippen LogP) is 3.61. The second-order valence-corrected chi connectivity index (χ2v) is 10.9. The number of anilines is 2. The Bertz CT molecular complexity index is 1180. The standard InChI is InChI=1S/C25H31ClF2N6O2/c1-33-22(29)20(23(35)31-16-2-3-19(27)18(26)12-16)21(32-33)15-8-13-10-17(11-14(13)9-15)34-6-4-25(28,5-7-34)24(30)36/h2-3,12-15,17H,4-11,29H2,1H3,(H2,30,36)(H,31,35). The number of nitrogens with two attached hydrogens (primary N) is 2. The van der Waals surface area contributed by atoms with Gasteiger partial charge in [0, 0.05) is 50.6 Å². The highest BCUT2D eigenvalue weighted by Gasteiger charge is 2.48. The molecule has 2 unspecified atom stereocenters. The van der Waals surface area contributed by atoms with Gasteiger partial charge in [-0.2, -0.15) is 5.10 Å². The summed E-state index contributed by atoms with van der Waals surface area (Å²) in [6.07, 6.45) is 4.14. The molecule has 0 spiro atoms. The fraction of sp³-hybridized carbons (Fsp3) is 0.560. The van der Waals surface area contributed by atoms with Crippen molar-refractivity contribution in [3.63, 3.8) is 0 Å². The van der Waals surface area contributed by atoms with Gasteiger partial charge in [0.1, 0.15) is 17.2 Å². The van der Waals surface area contributed by atoms with E-state index in [2.05, 4.69) is 15.3 Å². The maximum atomic E-state index is 14.6. The molecule has 5 N–H and O–H groups in total. The van der Waals surface area contributed by atoms with Gasteiger partial charge in [0.25, 0.3) is 11.8 Å². The highest BCUT2D eigenvalue weighted by molar-refractivity contribution is 6.31. The number of halogens is 3. The number of hydrogen-bond acceptors (Lipinski definition) is 5. The Morgan fingerprint density at radius 2 is 1.81 bits per heavy atom. The van der Waals surface area contributed by atoms with Crippen LogP contribution in [-0.4, -0.2) is 51.3 Å². The number of aryl methyl sites for hydroxylation is 1. The lowest BCUT2D eigenvalue weighted by molar-refractivity contribution is -0.133. The molecule has 11 heteroatoms. The lowest BCUT2D eigenvalue weighted by Crippen LogP contribution is -2.51. The van der Waals surface area contributed by atoms with Gasteiger partial charge >= 0.3 is 0 Å². The van der Waals surface area contributed by atoms with Crippen LogP contribution < -0.4 is 16.8 Å². The molecular weight excluding hydrogens is 490 g/mol. The maximum Gasteiger partial charge on any atom is 0.261 e. The second kappa shape index (κ2) is 9.30. The van der Waals surface area contributed by atoms with Gasteiger partial charge < -0.3 is 21.7 Å². The van der Waals surface area contributed by atoms with Crippen LogP contribution in [0.25, 0.3) is 0 Å². The third kappa shape index (κ3) is 4.45. The molecule has 2 aliphatic carbocycles. The van der Waals surface area contributed by atoms with Gasteiger partial charge in [-0.15, -0.1) is 0 Å². The van der Waals surface area contributed by atoms with E-state index in [0.29, 0.717) is 47.9 Å². The summed E-state index contributed by atoms with van der Waals surface area (Å²) in [5, 5.41) is 7.29. The third-order valence-corrected chi connectivity index (χ3v) is 8.74. The molecule has 1 aromatic carbocycles. The predicted molar refractivity (Wildman–Crippen MR) is 133 cm³/mol. The molecule has 2 amide bonds. The van der Waals surface area contributed by atoms with E-state index in [1.54, 1.807) is 7.05 Å². The number of carbonyl (C=O) groups is 2. The van der Waals surface area contributed by atoms with Crippen LogP contribution in [0.5, 0.6) is 0 Å². The first-order chi connectivity index (χ1) is 17.1. The third-order valence-electron chi connectivity index (χ3n) is 8.45. The van der Waals surface area contributed by atoms with Crippen molar-refractivity contribution < 1.29 is 18.4 Å². The first-order valence-corrected chi connectivity index (χ1v) is 12.7. The van der Waals surface area contributed by atoms with Crippen LogP contribution in [0, 0.1) is 17.7 Å². The molecule has 8 nitrogen and oxygen atoms in total. The minimum Gasteiger partial charge on any atom is -0.383 e. The summed E-state index contributed by atoms with van der Waals surface area (Å²) in [7, 11) is 1.71. The van der Waals surface area contributed by atoms with Crippen LogP contribution in [0.3, 0.4) is 0 Å². The van der Waals surface area contributed by atoms with Gasteiger partial charge in [-0.05, 0) is 55.7 Å². The Kier molecular flexibility index (Phi) is 6.45. The van der Waals surface area contributed by atoms with Crippen molar-refractivity contribution in [3.8, 4) is 0 Å². The number of hydrogen-bond donors (Lipinski definition) is 3. The number of amides is 2. The van der Waals surface area contributed by atoms with Crippen molar-refractivity contribution in [2.24, 2.45) is 24.6 Å². The van der Waals surface area contributed by atoms with Crippen LogP contribution in [0.2, 0.25) is 5.02 Å². The largest absolute Gasteiger partial charge is 0.383 e. The maximum absolute atomic E-state index is 14.6. The van der Waals surface area contributed by atoms with Gasteiger partial charge in [0.15, 0.2) is 5.67 Å². The first-order valence-electron chi connectivity index (χ1n) is 12.4. The van der Waals surface area contributed by atoms with Crippen LogP contribution in [-0.2, 0) is 11.8 Å². The number of carbonyl (C=O) groups excluding carboxylic acids is 2. The number of piperidine rings is 1. The molecule has 3 aliphatic rings. The number of nitrogens with one attached hydrogen (secondary N) is 1. The summed E-state index contributed by atoms with van der Waals surface area (Å²) in [4.78, 5) is 26.9. The normalized spacial score (nSPS) is 27.7. The smallest absolute Gasteiger partial charge is 0.261 e. The molecule has 1 aliphatic heterocycles. The molecular formula is C25H31ClF2N6O2. The molecule has 36 heavy (non-hydrogen) atoms. The molecule has 2 aromatic rings. The van der Waals surface area contributed by atoms with Crippen LogP contribution in [0.4, 0.5) is 20.3 Å². The van der Waals surface area contributed by atoms with Gasteiger partial charge in [-0.25, -0.2) is 8.78 Å². The average Bonchev–Trinajstić information content (AvgIpc) is 3.48. The molecule has 5 rings (SSSR count). The number of primary amides is 1. The summed E-state index contributed by atoms with van der Waals surface area (Å²) in [5.74, 6) is -0.448. The van der Waals surface area contributed by atoms with Crippen molar-refractivity contribution in [2.45, 2.75) is 56.2 Å². The van der Waals surface area contributed by atoms with Crippen LogP contribution in [0.15, 0.2) is 18.2 Å². The topological polar surface area (TPSA) is 119 Å². The number of aromatic nitrogens is 2. The van der Waals surface area contributed by atoms with Gasteiger partial charge in [0.2, 0.25) is 0 Å². The molecule has 2 saturated carbocycles. The monoisotopic (exact) mass is 520 g/mol. The van der Waals surface area contributed by atoms with Crippen molar-refractivity contribution >= 4 is 34.9 Å². The molecule has 3 fully saturated rings. The van der Waals surface area contributed by atoms with Gasteiger partial charge in [-0.1, -0.05) is 11.6 Å². The lowest BCUT2D eigenvalue weighted by Gasteiger charge is -2.38. The number of fused-ring (bicyclic) bond motifs is 1. The van der Waals surface area contributed by atoms with E-state index in [9.17, 15) is 18.4 Å². The Labute approximate surface area is 213 Å². The molecule has 0 bridgehead atoms. The zero-order chi connectivity index (χ0) is 25.8. The molecule has 2 heterocycles. The van der Waals surface area contributed by atoms with Gasteiger partial charge in [0.05, 0.1) is 10.7 Å². The highest BCUT2D eigenvalue weighted by atomic mass is 35.5. The van der Waals surface area contributed by atoms with E-state index >= 15 is 0 Å². The molecule has 1 aromatic heterocycles. The minimum absolute atomic E-state index is 0.0779. The summed E-state index contributed by atoms with van der Waals surface area (Å²) in [5.41, 5.74) is 11.0. The average molecular weight is 521 g/mol. The van der Waals surface area contributed by atoms with E-state index in [0.717, 1.165) is 25.7 Å². The quantitative estimate of drug-likeness (QED) is 0.556. The molecule has 1 saturated heterocycles. The summed E-state index contributed by atoms with van der Waals surface area (Å²) in [6.45, 7) is 1.09. The highest BCUT2D eigenvalue weighted by Crippen LogP contribution is 2.52. The van der Waals surface area contributed by atoms with Gasteiger partial charge in [-0.3, -0.25) is 14.3 Å². The van der Waals surface area contributed by atoms with Crippen molar-refractivity contribution in [1.29, 1.82) is 0 Å². The molecule has 2 atom stereocenters. The van der Waals surface area contributed by atoms with Crippen molar-refractivity contribution in [1.82, 2.24) is 14.7 Å². The molecule has 194 valence electrons. The van der Waals surface area contributed by atoms with E-state index in [-0.39, 0.29) is 29.6 Å². The zero-order valence-corrected chi connectivity index (χ0v) is 20.9. The van der Waals surface area contributed by atoms with E-state index in [4.69, 9.17) is 23.1 Å². The Balaban J connectivity index is 1.25. The Hall–Kier alpha value is -2.72. The number of benzene rings is 1. The second-order valence-electron chi connectivity index (χ2n) is 10.5. The summed E-state index contributed by atoms with van der Waals surface area (Å²) >= 11 is 5.85. The lowest BCUT2D eigenvalue weighted by atomic mass is 9.90. The summed E-state index contributed by atoms with van der Waals surface area (Å²) < 4.78 is 29.6. The minimum atomic E-state index is -1.88. The number of likely N-dealkylation sites (tertiary alicyclic amines) is 1. The van der Waals surface area contributed by atoms with E-state index in [1.165, 1.54) is 22.9 Å². The van der Waals surface area contributed by atoms with E-state index < -0.39 is 23.3 Å². The SMILES string of the molecule is Cn1nc(C2CC3CC(N4CCC(F)(C(N)=O)CC4)CC3C2)c(C(=O)Nc2ccc(F)c(Cl)c2)c1N. The first kappa shape index (κ1) is 25.0. The number of nitrogen functional groups attached to an aromatic ring is 1. The molecule has 0 radical (unpaired) electrons. The number of nitrogens with zero attached hydrogens (tertiary/aromatic N) is 3. The van der Waals surface area contributed by atoms with Crippen molar-refractivity contribution in [3.05, 3.63) is 40.3 Å². The summed E-state index contributed by atoms with van der Waals surface area (Å²) in [6, 6.07) is 4.38. The van der Waals surface area contributed by atoms with Crippen molar-refractivity contribution in [2.75, 3.05) is 24.1 Å². The van der Waals surface area contributed by atoms with Crippen LogP contribution >= 0.6 is 11.6 Å². The fourth-order valence-electron chi connectivity index (χ4n) is 6.44. The van der Waals surface area contributed by atoms with E-state index in [1.807, 2.05) is 0 Å². The zero-order valence-electron chi connectivity index (χ0n) is 20.1. The Morgan fingerprint density at radius 3 is 2.39 bits per heavy atom. The number of rotatable bonds is 5. The van der Waals surface area contributed by atoms with Crippen LogP contribution in [0.1, 0.15) is 60.5 Å². The Morgan fingerprint density at radius 1 is 1.17 bits per heavy atom. The fourth-order valence-corrected chi connectivity index (χ4v) is 6.62. The number of alkyl halides is 1.